The molecule has 1 aromatic heterocycles. The molecule has 0 saturated carbocycles. The summed E-state index contributed by atoms with van der Waals surface area (Å²) >= 11 is 0. The fraction of sp³-hybridized carbons (Fsp3) is 0.636. The second-order valence-corrected chi connectivity index (χ2v) is 5.26. The molecule has 0 radical (unpaired) electrons. The Balaban J connectivity index is 2.50. The first-order valence-electron chi connectivity index (χ1n) is 5.33. The molecule has 5 heteroatoms. The standard InChI is InChI=1S/C11H18N4O/c1-10(2)11(3,4)15(16)9(13-10)8-6-12-7-14(8)5/h6-7,16H,1-5H3. The molecule has 5 nitrogen and oxygen atoms in total. The third-order valence-electron chi connectivity index (χ3n) is 3.66. The lowest BCUT2D eigenvalue weighted by atomic mass is 9.84. The minimum Gasteiger partial charge on any atom is -0.331 e. The normalized spacial score (nSPS) is 22.4. The van der Waals surface area contributed by atoms with Crippen molar-refractivity contribution in [3.63, 3.8) is 0 Å². The van der Waals surface area contributed by atoms with Crippen LogP contribution in [0.15, 0.2) is 17.5 Å². The first-order chi connectivity index (χ1) is 7.27. The first kappa shape index (κ1) is 11.1. The van der Waals surface area contributed by atoms with Crippen LogP contribution in [0.1, 0.15) is 33.4 Å². The third kappa shape index (κ3) is 1.28. The van der Waals surface area contributed by atoms with E-state index in [4.69, 9.17) is 0 Å². The Kier molecular flexibility index (Phi) is 2.14. The molecule has 1 aliphatic rings. The van der Waals surface area contributed by atoms with E-state index in [1.54, 1.807) is 12.5 Å². The van der Waals surface area contributed by atoms with Gasteiger partial charge in [-0.25, -0.2) is 10.0 Å². The van der Waals surface area contributed by atoms with Crippen LogP contribution in [-0.2, 0) is 7.05 Å². The zero-order chi connectivity index (χ0) is 12.1. The number of aromatic nitrogens is 2. The minimum atomic E-state index is -0.424. The van der Waals surface area contributed by atoms with Crippen LogP contribution in [0.3, 0.4) is 0 Å². The Morgan fingerprint density at radius 2 is 1.88 bits per heavy atom. The zero-order valence-electron chi connectivity index (χ0n) is 10.4. The van der Waals surface area contributed by atoms with Crippen molar-refractivity contribution >= 4 is 5.84 Å². The van der Waals surface area contributed by atoms with E-state index in [2.05, 4.69) is 9.98 Å². The molecule has 0 unspecified atom stereocenters. The fourth-order valence-corrected chi connectivity index (χ4v) is 1.71. The van der Waals surface area contributed by atoms with Gasteiger partial charge in [0, 0.05) is 7.05 Å². The van der Waals surface area contributed by atoms with Crippen molar-refractivity contribution in [3.8, 4) is 0 Å². The Morgan fingerprint density at radius 1 is 1.25 bits per heavy atom. The topological polar surface area (TPSA) is 53.7 Å². The summed E-state index contributed by atoms with van der Waals surface area (Å²) in [6, 6.07) is 0. The number of aryl methyl sites for hydroxylation is 1. The van der Waals surface area contributed by atoms with Crippen LogP contribution in [0, 0.1) is 0 Å². The second-order valence-electron chi connectivity index (χ2n) is 5.26. The average Bonchev–Trinajstić information content (AvgIpc) is 2.64. The molecule has 2 heterocycles. The Morgan fingerprint density at radius 3 is 2.25 bits per heavy atom. The van der Waals surface area contributed by atoms with Gasteiger partial charge in [0.05, 0.1) is 23.6 Å². The van der Waals surface area contributed by atoms with Gasteiger partial charge in [0.2, 0.25) is 0 Å². The number of rotatable bonds is 1. The SMILES string of the molecule is Cn1cncc1C1=NC(C)(C)C(C)(C)N1O. The van der Waals surface area contributed by atoms with E-state index in [0.29, 0.717) is 5.84 Å². The third-order valence-corrected chi connectivity index (χ3v) is 3.66. The second kappa shape index (κ2) is 3.07. The highest BCUT2D eigenvalue weighted by molar-refractivity contribution is 5.98. The molecule has 2 rings (SSSR count). The molecule has 0 amide bonds. The van der Waals surface area contributed by atoms with Crippen LogP contribution in [-0.4, -0.2) is 36.7 Å². The van der Waals surface area contributed by atoms with Gasteiger partial charge in [-0.2, -0.15) is 0 Å². The highest BCUT2D eigenvalue weighted by Crippen LogP contribution is 2.37. The van der Waals surface area contributed by atoms with Crippen LogP contribution in [0.4, 0.5) is 0 Å². The Labute approximate surface area is 95.4 Å². The van der Waals surface area contributed by atoms with Crippen LogP contribution in [0.25, 0.3) is 0 Å². The molecule has 0 spiro atoms. The van der Waals surface area contributed by atoms with E-state index in [1.807, 2.05) is 39.3 Å². The molecular formula is C11H18N4O. The van der Waals surface area contributed by atoms with Crippen molar-refractivity contribution in [3.05, 3.63) is 18.2 Å². The lowest BCUT2D eigenvalue weighted by molar-refractivity contribution is -0.0994. The molecule has 1 aromatic rings. The smallest absolute Gasteiger partial charge is 0.174 e. The monoisotopic (exact) mass is 222 g/mol. The van der Waals surface area contributed by atoms with Gasteiger partial charge in [-0.05, 0) is 27.7 Å². The van der Waals surface area contributed by atoms with Gasteiger partial charge in [0.15, 0.2) is 5.84 Å². The average molecular weight is 222 g/mol. The molecule has 0 fully saturated rings. The molecular weight excluding hydrogens is 204 g/mol. The predicted molar refractivity (Wildman–Crippen MR) is 61.5 cm³/mol. The number of hydrogen-bond donors (Lipinski definition) is 1. The van der Waals surface area contributed by atoms with Gasteiger partial charge in [-0.15, -0.1) is 0 Å². The quantitative estimate of drug-likeness (QED) is 0.782. The summed E-state index contributed by atoms with van der Waals surface area (Å²) in [6.45, 7) is 7.97. The van der Waals surface area contributed by atoms with E-state index in [0.717, 1.165) is 5.69 Å². The number of imidazole rings is 1. The Bertz CT molecular complexity index is 445. The Hall–Kier alpha value is -1.36. The van der Waals surface area contributed by atoms with Crippen LogP contribution in [0.2, 0.25) is 0 Å². The van der Waals surface area contributed by atoms with Crippen molar-refractivity contribution < 1.29 is 5.21 Å². The molecule has 0 bridgehead atoms. The highest BCUT2D eigenvalue weighted by Gasteiger charge is 2.49. The molecule has 1 aliphatic heterocycles. The maximum Gasteiger partial charge on any atom is 0.174 e. The van der Waals surface area contributed by atoms with Crippen molar-refractivity contribution in [2.24, 2.45) is 12.0 Å². The number of aliphatic imine (C=N–C) groups is 1. The number of nitrogens with zero attached hydrogens (tertiary/aromatic N) is 4. The summed E-state index contributed by atoms with van der Waals surface area (Å²) in [6.07, 6.45) is 3.41. The lowest BCUT2D eigenvalue weighted by Crippen LogP contribution is -2.51. The van der Waals surface area contributed by atoms with Crippen LogP contribution < -0.4 is 0 Å². The van der Waals surface area contributed by atoms with E-state index >= 15 is 0 Å². The molecule has 0 atom stereocenters. The lowest BCUT2D eigenvalue weighted by Gasteiger charge is -2.36. The summed E-state index contributed by atoms with van der Waals surface area (Å²) < 4.78 is 1.85. The molecule has 0 aliphatic carbocycles. The van der Waals surface area contributed by atoms with Gasteiger partial charge >= 0.3 is 0 Å². The number of hydroxylamine groups is 2. The molecule has 1 N–H and O–H groups in total. The molecule has 0 aromatic carbocycles. The van der Waals surface area contributed by atoms with Crippen LogP contribution >= 0.6 is 0 Å². The highest BCUT2D eigenvalue weighted by atomic mass is 16.5. The van der Waals surface area contributed by atoms with Gasteiger partial charge < -0.3 is 4.57 Å². The van der Waals surface area contributed by atoms with E-state index in [-0.39, 0.29) is 5.54 Å². The van der Waals surface area contributed by atoms with E-state index in [1.165, 1.54) is 5.06 Å². The minimum absolute atomic E-state index is 0.332. The summed E-state index contributed by atoms with van der Waals surface area (Å²) in [5.74, 6) is 0.579. The van der Waals surface area contributed by atoms with Gasteiger partial charge in [0.25, 0.3) is 0 Å². The first-order valence-corrected chi connectivity index (χ1v) is 5.33. The van der Waals surface area contributed by atoms with Crippen molar-refractivity contribution in [1.82, 2.24) is 14.6 Å². The largest absolute Gasteiger partial charge is 0.331 e. The summed E-state index contributed by atoms with van der Waals surface area (Å²) in [5, 5.41) is 11.5. The van der Waals surface area contributed by atoms with Crippen molar-refractivity contribution in [2.45, 2.75) is 38.8 Å². The van der Waals surface area contributed by atoms with Gasteiger partial charge in [-0.1, -0.05) is 0 Å². The van der Waals surface area contributed by atoms with Gasteiger partial charge in [-0.3, -0.25) is 10.2 Å². The summed E-state index contributed by atoms with van der Waals surface area (Å²) in [7, 11) is 1.89. The number of amidine groups is 1. The van der Waals surface area contributed by atoms with Gasteiger partial charge in [0.1, 0.15) is 5.69 Å². The molecule has 0 saturated heterocycles. The van der Waals surface area contributed by atoms with Crippen molar-refractivity contribution in [2.75, 3.05) is 0 Å². The van der Waals surface area contributed by atoms with Crippen molar-refractivity contribution in [1.29, 1.82) is 0 Å². The molecule has 16 heavy (non-hydrogen) atoms. The zero-order valence-corrected chi connectivity index (χ0v) is 10.4. The molecule has 88 valence electrons. The maximum absolute atomic E-state index is 10.2. The maximum atomic E-state index is 10.2. The fourth-order valence-electron chi connectivity index (χ4n) is 1.71. The van der Waals surface area contributed by atoms with Crippen LogP contribution in [0.5, 0.6) is 0 Å². The van der Waals surface area contributed by atoms with E-state index < -0.39 is 5.54 Å². The predicted octanol–water partition coefficient (Wildman–Crippen LogP) is 1.43. The summed E-state index contributed by atoms with van der Waals surface area (Å²) in [4.78, 5) is 8.63. The summed E-state index contributed by atoms with van der Waals surface area (Å²) in [5.41, 5.74) is 0.0645. The van der Waals surface area contributed by atoms with E-state index in [9.17, 15) is 5.21 Å². The number of hydrogen-bond acceptors (Lipinski definition) is 4.